The number of nitrogens with two attached hydrogens (primary N) is 1. The first-order valence-electron chi connectivity index (χ1n) is 23.5. The Kier molecular flexibility index (Phi) is 21.0. The molecule has 0 saturated heterocycles. The third-order valence-corrected chi connectivity index (χ3v) is 16.0. The SMILES string of the molecule is ClCc1nc2cc(Cl)ccc2s1.N#Cc1cc[nH]c(=O)c1.N#Cc1ccn(Cc2nc3cc(Cl)ccc3s2)c(=O)c1.N#Cc1ccnc(OCc2nc3cc(Cl)ccc3s2)c1.NC(=O)c1ccnc(OCc2nc3cc(Cl)ccc3s2)c1. The summed E-state index contributed by atoms with van der Waals surface area (Å²) < 4.78 is 16.9. The Morgan fingerprint density at radius 3 is 1.45 bits per heavy atom. The number of aromatic amines is 1. The summed E-state index contributed by atoms with van der Waals surface area (Å²) >= 11 is 35.4. The Balaban J connectivity index is 0.000000138. The van der Waals surface area contributed by atoms with Gasteiger partial charge in [-0.05, 0) is 97.1 Å². The molecule has 0 unspecified atom stereocenters. The lowest BCUT2D eigenvalue weighted by Crippen LogP contribution is -2.19. The van der Waals surface area contributed by atoms with Crippen LogP contribution in [-0.4, -0.2) is 45.4 Å². The lowest BCUT2D eigenvalue weighted by molar-refractivity contribution is 0.0999. The first-order chi connectivity index (χ1) is 39.6. The first kappa shape index (κ1) is 59.7. The van der Waals surface area contributed by atoms with Crippen molar-refractivity contribution < 1.29 is 14.3 Å². The molecule has 0 spiro atoms. The molecule has 1 amide bonds. The van der Waals surface area contributed by atoms with Gasteiger partial charge in [-0.1, -0.05) is 46.4 Å². The van der Waals surface area contributed by atoms with Crippen molar-refractivity contribution in [3.8, 4) is 30.0 Å². The zero-order valence-corrected chi connectivity index (χ0v) is 48.8. The van der Waals surface area contributed by atoms with E-state index in [0.717, 1.165) is 60.9 Å². The summed E-state index contributed by atoms with van der Waals surface area (Å²) in [5.74, 6) is 0.707. The largest absolute Gasteiger partial charge is 0.470 e. The number of carbonyl (C=O) groups excluding carboxylic acids is 1. The van der Waals surface area contributed by atoms with E-state index in [2.05, 4.69) is 34.9 Å². The minimum absolute atomic E-state index is 0.207. The van der Waals surface area contributed by atoms with Crippen LogP contribution in [0.15, 0.2) is 156 Å². The Labute approximate surface area is 506 Å². The van der Waals surface area contributed by atoms with Gasteiger partial charge in [0.25, 0.3) is 5.56 Å². The number of nitrogens with zero attached hydrogens (tertiary/aromatic N) is 10. The predicted octanol–water partition coefficient (Wildman–Crippen LogP) is 13.8. The van der Waals surface area contributed by atoms with Crippen LogP contribution in [0.1, 0.15) is 47.1 Å². The molecule has 26 heteroatoms. The van der Waals surface area contributed by atoms with Gasteiger partial charge in [0.2, 0.25) is 23.2 Å². The summed E-state index contributed by atoms with van der Waals surface area (Å²) in [6, 6.07) is 40.2. The monoisotopic (exact) mass is 1260 g/mol. The zero-order chi connectivity index (χ0) is 58.1. The van der Waals surface area contributed by atoms with Gasteiger partial charge in [-0.15, -0.1) is 56.9 Å². The smallest absolute Gasteiger partial charge is 0.252 e. The van der Waals surface area contributed by atoms with Gasteiger partial charge in [0.05, 0.1) is 88.2 Å². The lowest BCUT2D eigenvalue weighted by atomic mass is 10.2. The van der Waals surface area contributed by atoms with Crippen LogP contribution < -0.4 is 26.3 Å². The molecule has 12 aromatic rings. The quantitative estimate of drug-likeness (QED) is 0.121. The highest BCUT2D eigenvalue weighted by molar-refractivity contribution is 7.19. The molecule has 3 N–H and O–H groups in total. The zero-order valence-electron chi connectivity index (χ0n) is 41.8. The molecule has 12 rings (SSSR count). The number of hydrogen-bond donors (Lipinski definition) is 2. The number of ether oxygens (including phenoxy) is 2. The number of carbonyl (C=O) groups is 1. The van der Waals surface area contributed by atoms with Crippen molar-refractivity contribution in [1.82, 2.24) is 39.5 Å². The molecule has 0 aliphatic heterocycles. The van der Waals surface area contributed by atoms with Crippen LogP contribution in [0.25, 0.3) is 40.9 Å². The second-order valence-corrected chi connectivity index (χ2v) is 22.9. The van der Waals surface area contributed by atoms with Crippen molar-refractivity contribution in [1.29, 1.82) is 15.8 Å². The topological polar surface area (TPSA) is 265 Å². The van der Waals surface area contributed by atoms with Gasteiger partial charge in [0.15, 0.2) is 0 Å². The number of nitrogens with one attached hydrogen (secondary N) is 1. The average Bonchev–Trinajstić information content (AvgIpc) is 4.48. The number of hydrogen-bond acceptors (Lipinski definition) is 18. The lowest BCUT2D eigenvalue weighted by Gasteiger charge is -2.03. The van der Waals surface area contributed by atoms with Crippen LogP contribution in [0.4, 0.5) is 0 Å². The summed E-state index contributed by atoms with van der Waals surface area (Å²) in [6.45, 7) is 0.979. The van der Waals surface area contributed by atoms with Crippen LogP contribution in [-0.2, 0) is 25.6 Å². The molecule has 0 saturated carbocycles. The number of amides is 1. The molecule has 0 atom stereocenters. The second kappa shape index (κ2) is 28.9. The van der Waals surface area contributed by atoms with E-state index >= 15 is 0 Å². The van der Waals surface area contributed by atoms with Gasteiger partial charge in [-0.25, -0.2) is 29.9 Å². The fourth-order valence-electron chi connectivity index (χ4n) is 6.88. The molecule has 408 valence electrons. The number of nitriles is 3. The maximum atomic E-state index is 11.8. The number of primary amides is 1. The van der Waals surface area contributed by atoms with E-state index in [1.807, 2.05) is 84.9 Å². The Bertz CT molecular complexity index is 4510. The molecule has 0 aliphatic rings. The van der Waals surface area contributed by atoms with Gasteiger partial charge in [-0.3, -0.25) is 14.4 Å². The van der Waals surface area contributed by atoms with Gasteiger partial charge in [0, 0.05) is 74.7 Å². The molecule has 0 fully saturated rings. The standard InChI is InChI=1S/C14H10ClN3O2S.2C14H8ClN3OS.C8H5Cl2NS.C6H4N2O/c15-9-1-2-11-10(6-9)18-13(21-11)7-20-12-5-8(14(16)19)3-4-17-12;15-10-1-2-12-11(6-10)17-13(20-12)8-18-4-3-9(7-16)5-14(18)19;15-10-1-2-12-11(6-10)18-14(20-12)8-19-13-5-9(7-16)3-4-17-13;9-4-8-11-6-3-5(10)1-2-7(6)12-8;7-4-5-1-2-8-6(9)3-5/h1-6H,7H2,(H2,16,19);2*1-6H,8H2;1-3H,4H2;1-3H,(H,8,9). The van der Waals surface area contributed by atoms with Crippen molar-refractivity contribution in [2.45, 2.75) is 25.6 Å². The summed E-state index contributed by atoms with van der Waals surface area (Å²) in [6.07, 6.45) is 6.08. The van der Waals surface area contributed by atoms with Gasteiger partial charge in [-0.2, -0.15) is 15.8 Å². The predicted molar refractivity (Wildman–Crippen MR) is 325 cm³/mol. The molecule has 8 aromatic heterocycles. The highest BCUT2D eigenvalue weighted by Gasteiger charge is 2.11. The molecule has 17 nitrogen and oxygen atoms in total. The molecule has 0 radical (unpaired) electrons. The van der Waals surface area contributed by atoms with E-state index < -0.39 is 5.91 Å². The van der Waals surface area contributed by atoms with E-state index in [0.29, 0.717) is 73.1 Å². The van der Waals surface area contributed by atoms with E-state index in [1.165, 1.54) is 63.9 Å². The summed E-state index contributed by atoms with van der Waals surface area (Å²) in [5.41, 5.74) is 9.85. The highest BCUT2D eigenvalue weighted by atomic mass is 35.5. The fourth-order valence-corrected chi connectivity index (χ4v) is 11.2. The maximum absolute atomic E-state index is 11.8. The molecule has 82 heavy (non-hydrogen) atoms. The van der Waals surface area contributed by atoms with Gasteiger partial charge in [0.1, 0.15) is 33.2 Å². The van der Waals surface area contributed by atoms with Crippen LogP contribution in [0.5, 0.6) is 11.8 Å². The number of rotatable bonds is 10. The van der Waals surface area contributed by atoms with Crippen molar-refractivity contribution >= 4 is 150 Å². The summed E-state index contributed by atoms with van der Waals surface area (Å²) in [4.78, 5) is 61.5. The number of fused-ring (bicyclic) bond motifs is 4. The third-order valence-electron chi connectivity index (χ3n) is 10.6. The number of H-pyrrole nitrogens is 1. The van der Waals surface area contributed by atoms with Crippen molar-refractivity contribution in [2.24, 2.45) is 5.73 Å². The number of thiazole rings is 4. The molecule has 8 heterocycles. The summed E-state index contributed by atoms with van der Waals surface area (Å²) in [5, 5.41) is 31.9. The van der Waals surface area contributed by atoms with E-state index in [4.69, 9.17) is 89.0 Å². The van der Waals surface area contributed by atoms with Crippen LogP contribution in [0.2, 0.25) is 20.1 Å². The number of halogens is 5. The molecular formula is C56H35Cl5N12O5S4. The van der Waals surface area contributed by atoms with E-state index in [9.17, 15) is 14.4 Å². The minimum Gasteiger partial charge on any atom is -0.470 e. The Morgan fingerprint density at radius 1 is 0.549 bits per heavy atom. The molecular weight excluding hydrogens is 1230 g/mol. The van der Waals surface area contributed by atoms with Crippen LogP contribution in [0, 0.1) is 34.0 Å². The van der Waals surface area contributed by atoms with Gasteiger partial charge >= 0.3 is 0 Å². The Morgan fingerprint density at radius 2 is 0.988 bits per heavy atom. The third kappa shape index (κ3) is 17.1. The van der Waals surface area contributed by atoms with Crippen LogP contribution in [0.3, 0.4) is 0 Å². The minimum atomic E-state index is -0.517. The normalized spacial score (nSPS) is 10.4. The van der Waals surface area contributed by atoms with Crippen molar-refractivity contribution in [2.75, 3.05) is 0 Å². The molecule has 0 aliphatic carbocycles. The van der Waals surface area contributed by atoms with Gasteiger partial charge < -0.3 is 24.8 Å². The number of alkyl halides is 1. The fraction of sp³-hybridized carbons (Fsp3) is 0.0714. The Hall–Kier alpha value is -8.37. The first-order valence-corrected chi connectivity index (χ1v) is 28.8. The maximum Gasteiger partial charge on any atom is 0.252 e. The average molecular weight is 1260 g/mol. The van der Waals surface area contributed by atoms with Crippen molar-refractivity contribution in [3.05, 3.63) is 229 Å². The molecule has 0 bridgehead atoms. The van der Waals surface area contributed by atoms with E-state index in [1.54, 1.807) is 65.4 Å². The second-order valence-electron chi connectivity index (χ2n) is 16.4. The van der Waals surface area contributed by atoms with Crippen LogP contribution >= 0.6 is 103 Å². The van der Waals surface area contributed by atoms with E-state index in [-0.39, 0.29) is 17.7 Å². The number of aromatic nitrogens is 8. The number of pyridine rings is 4. The summed E-state index contributed by atoms with van der Waals surface area (Å²) in [7, 11) is 0. The molecule has 4 aromatic carbocycles. The highest BCUT2D eigenvalue weighted by Crippen LogP contribution is 2.29. The van der Waals surface area contributed by atoms with Crippen molar-refractivity contribution in [3.63, 3.8) is 0 Å². The number of benzene rings is 4.